The monoisotopic (exact) mass is 282 g/mol. The van der Waals surface area contributed by atoms with Crippen LogP contribution in [0.4, 0.5) is 0 Å². The molecule has 1 saturated heterocycles. The Morgan fingerprint density at radius 1 is 1.44 bits per heavy atom. The third-order valence-corrected chi connectivity index (χ3v) is 3.34. The van der Waals surface area contributed by atoms with Crippen LogP contribution in [-0.2, 0) is 11.3 Å². The van der Waals surface area contributed by atoms with E-state index in [0.29, 0.717) is 6.54 Å². The molecule has 3 nitrogen and oxygen atoms in total. The molecule has 4 heteroatoms. The summed E-state index contributed by atoms with van der Waals surface area (Å²) in [5.74, 6) is 0.309. The Morgan fingerprint density at radius 3 is 2.81 bits per heavy atom. The minimum absolute atomic E-state index is 0.149. The number of amides is 1. The quantitative estimate of drug-likeness (QED) is 0.886. The van der Waals surface area contributed by atoms with Gasteiger partial charge in [0.15, 0.2) is 0 Å². The van der Waals surface area contributed by atoms with Crippen molar-refractivity contribution in [1.29, 1.82) is 0 Å². The lowest BCUT2D eigenvalue weighted by atomic mass is 10.1. The fourth-order valence-corrected chi connectivity index (χ4v) is 2.08. The van der Waals surface area contributed by atoms with Crippen molar-refractivity contribution in [3.8, 4) is 0 Å². The Hall–Kier alpha value is -0.870. The summed E-state index contributed by atoms with van der Waals surface area (Å²) in [5, 5.41) is 6.16. The molecule has 1 aromatic carbocycles. The second-order valence-corrected chi connectivity index (χ2v) is 4.95. The molecule has 0 spiro atoms. The van der Waals surface area contributed by atoms with Crippen molar-refractivity contribution in [2.45, 2.75) is 13.0 Å². The first-order valence-electron chi connectivity index (χ1n) is 5.48. The highest BCUT2D eigenvalue weighted by molar-refractivity contribution is 9.10. The predicted molar refractivity (Wildman–Crippen MR) is 67.0 cm³/mol. The minimum Gasteiger partial charge on any atom is -0.352 e. The summed E-state index contributed by atoms with van der Waals surface area (Å²) in [6.07, 6.45) is 0.951. The van der Waals surface area contributed by atoms with Gasteiger partial charge in [-0.15, -0.1) is 0 Å². The molecule has 2 rings (SSSR count). The molecule has 0 aliphatic carbocycles. The molecule has 0 bridgehead atoms. The third-order valence-electron chi connectivity index (χ3n) is 2.81. The van der Waals surface area contributed by atoms with E-state index in [1.165, 1.54) is 0 Å². The summed E-state index contributed by atoms with van der Waals surface area (Å²) in [7, 11) is 0. The molecule has 1 aliphatic heterocycles. The van der Waals surface area contributed by atoms with Crippen molar-refractivity contribution in [3.05, 3.63) is 34.3 Å². The highest BCUT2D eigenvalue weighted by Crippen LogP contribution is 2.11. The Bertz CT molecular complexity index is 358. The Morgan fingerprint density at radius 2 is 2.19 bits per heavy atom. The summed E-state index contributed by atoms with van der Waals surface area (Å²) in [5.41, 5.74) is 1.13. The van der Waals surface area contributed by atoms with Crippen LogP contribution in [0.15, 0.2) is 28.7 Å². The van der Waals surface area contributed by atoms with Gasteiger partial charge in [0.2, 0.25) is 5.91 Å². The van der Waals surface area contributed by atoms with Gasteiger partial charge in [0.1, 0.15) is 0 Å². The number of carbonyl (C=O) groups excluding carboxylic acids is 1. The molecule has 16 heavy (non-hydrogen) atoms. The van der Waals surface area contributed by atoms with Gasteiger partial charge in [0.05, 0.1) is 5.92 Å². The topological polar surface area (TPSA) is 41.1 Å². The van der Waals surface area contributed by atoms with Crippen LogP contribution in [0.5, 0.6) is 0 Å². The van der Waals surface area contributed by atoms with E-state index in [1.807, 2.05) is 24.3 Å². The van der Waals surface area contributed by atoms with Crippen LogP contribution in [0.2, 0.25) is 0 Å². The summed E-state index contributed by atoms with van der Waals surface area (Å²) in [6, 6.07) is 7.99. The molecule has 1 heterocycles. The van der Waals surface area contributed by atoms with Gasteiger partial charge >= 0.3 is 0 Å². The highest BCUT2D eigenvalue weighted by Gasteiger charge is 2.21. The van der Waals surface area contributed by atoms with E-state index >= 15 is 0 Å². The lowest BCUT2D eigenvalue weighted by Crippen LogP contribution is -2.31. The minimum atomic E-state index is 0.149. The number of nitrogens with one attached hydrogen (secondary N) is 2. The van der Waals surface area contributed by atoms with Crippen molar-refractivity contribution in [1.82, 2.24) is 10.6 Å². The Balaban J connectivity index is 1.82. The zero-order chi connectivity index (χ0) is 11.4. The molecular formula is C12H15BrN2O. The van der Waals surface area contributed by atoms with Crippen LogP contribution in [0.1, 0.15) is 12.0 Å². The van der Waals surface area contributed by atoms with E-state index in [9.17, 15) is 4.79 Å². The maximum absolute atomic E-state index is 11.7. The number of hydrogen-bond donors (Lipinski definition) is 2. The van der Waals surface area contributed by atoms with Crippen LogP contribution in [0.3, 0.4) is 0 Å². The number of benzene rings is 1. The van der Waals surface area contributed by atoms with E-state index < -0.39 is 0 Å². The zero-order valence-corrected chi connectivity index (χ0v) is 10.6. The number of hydrogen-bond acceptors (Lipinski definition) is 2. The van der Waals surface area contributed by atoms with E-state index in [-0.39, 0.29) is 11.8 Å². The molecule has 1 aromatic rings. The zero-order valence-electron chi connectivity index (χ0n) is 9.00. The second-order valence-electron chi connectivity index (χ2n) is 4.03. The standard InChI is InChI=1S/C12H15BrN2O/c13-11-3-1-9(2-4-11)7-15-12(16)10-5-6-14-8-10/h1-4,10,14H,5-8H2,(H,15,16). The van der Waals surface area contributed by atoms with Gasteiger partial charge in [-0.2, -0.15) is 0 Å². The van der Waals surface area contributed by atoms with Crippen LogP contribution in [0.25, 0.3) is 0 Å². The maximum Gasteiger partial charge on any atom is 0.224 e. The first-order chi connectivity index (χ1) is 7.75. The Kier molecular flexibility index (Phi) is 3.96. The predicted octanol–water partition coefficient (Wildman–Crippen LogP) is 1.67. The van der Waals surface area contributed by atoms with E-state index in [4.69, 9.17) is 0 Å². The summed E-state index contributed by atoms with van der Waals surface area (Å²) < 4.78 is 1.06. The first kappa shape index (κ1) is 11.6. The lowest BCUT2D eigenvalue weighted by molar-refractivity contribution is -0.124. The van der Waals surface area contributed by atoms with E-state index in [0.717, 1.165) is 29.5 Å². The normalized spacial score (nSPS) is 19.7. The molecule has 1 atom stereocenters. The van der Waals surface area contributed by atoms with Crippen LogP contribution >= 0.6 is 15.9 Å². The summed E-state index contributed by atoms with van der Waals surface area (Å²) in [6.45, 7) is 2.38. The third kappa shape index (κ3) is 3.06. The largest absolute Gasteiger partial charge is 0.352 e. The van der Waals surface area contributed by atoms with Gasteiger partial charge in [0.25, 0.3) is 0 Å². The number of halogens is 1. The SMILES string of the molecule is O=C(NCc1ccc(Br)cc1)C1CCNC1. The molecule has 0 radical (unpaired) electrons. The molecular weight excluding hydrogens is 268 g/mol. The molecule has 1 unspecified atom stereocenters. The summed E-state index contributed by atoms with van der Waals surface area (Å²) >= 11 is 3.38. The van der Waals surface area contributed by atoms with Crippen LogP contribution in [0, 0.1) is 5.92 Å². The molecule has 0 aromatic heterocycles. The average Bonchev–Trinajstić information content (AvgIpc) is 2.81. The van der Waals surface area contributed by atoms with Crippen molar-refractivity contribution in [2.75, 3.05) is 13.1 Å². The van der Waals surface area contributed by atoms with Crippen molar-refractivity contribution >= 4 is 21.8 Å². The fraction of sp³-hybridized carbons (Fsp3) is 0.417. The van der Waals surface area contributed by atoms with Gasteiger partial charge in [-0.25, -0.2) is 0 Å². The smallest absolute Gasteiger partial charge is 0.224 e. The van der Waals surface area contributed by atoms with Gasteiger partial charge in [-0.3, -0.25) is 4.79 Å². The van der Waals surface area contributed by atoms with Gasteiger partial charge < -0.3 is 10.6 Å². The molecule has 1 aliphatic rings. The van der Waals surface area contributed by atoms with Crippen molar-refractivity contribution in [3.63, 3.8) is 0 Å². The second kappa shape index (κ2) is 5.46. The summed E-state index contributed by atoms with van der Waals surface area (Å²) in [4.78, 5) is 11.7. The van der Waals surface area contributed by atoms with Gasteiger partial charge in [-0.05, 0) is 30.7 Å². The van der Waals surface area contributed by atoms with Gasteiger partial charge in [0, 0.05) is 17.6 Å². The molecule has 86 valence electrons. The number of carbonyl (C=O) groups is 1. The van der Waals surface area contributed by atoms with Crippen LogP contribution in [-0.4, -0.2) is 19.0 Å². The van der Waals surface area contributed by atoms with Crippen molar-refractivity contribution in [2.24, 2.45) is 5.92 Å². The lowest BCUT2D eigenvalue weighted by Gasteiger charge is -2.09. The Labute approximate surface area is 104 Å². The molecule has 0 saturated carbocycles. The maximum atomic E-state index is 11.7. The molecule has 2 N–H and O–H groups in total. The van der Waals surface area contributed by atoms with Crippen LogP contribution < -0.4 is 10.6 Å². The molecule has 1 fully saturated rings. The molecule has 1 amide bonds. The van der Waals surface area contributed by atoms with E-state index in [1.54, 1.807) is 0 Å². The number of rotatable bonds is 3. The fourth-order valence-electron chi connectivity index (χ4n) is 1.81. The van der Waals surface area contributed by atoms with Crippen molar-refractivity contribution < 1.29 is 4.79 Å². The van der Waals surface area contributed by atoms with E-state index in [2.05, 4.69) is 26.6 Å². The average molecular weight is 283 g/mol. The van der Waals surface area contributed by atoms with Gasteiger partial charge in [-0.1, -0.05) is 28.1 Å². The highest BCUT2D eigenvalue weighted by atomic mass is 79.9. The first-order valence-corrected chi connectivity index (χ1v) is 6.28.